The van der Waals surface area contributed by atoms with Gasteiger partial charge in [0.2, 0.25) is 0 Å². The quantitative estimate of drug-likeness (QED) is 0.800. The number of hydrogen-bond donors (Lipinski definition) is 1. The van der Waals surface area contributed by atoms with Gasteiger partial charge in [-0.3, -0.25) is 9.69 Å². The van der Waals surface area contributed by atoms with Gasteiger partial charge in [-0.2, -0.15) is 0 Å². The maximum Gasteiger partial charge on any atom is 0.323 e. The molecule has 0 aliphatic carbocycles. The molecule has 1 aromatic rings. The molecule has 0 amide bonds. The van der Waals surface area contributed by atoms with Crippen LogP contribution in [-0.2, 0) is 22.5 Å². The molecule has 0 aromatic heterocycles. The molecule has 0 radical (unpaired) electrons. The van der Waals surface area contributed by atoms with Crippen molar-refractivity contribution < 1.29 is 19.0 Å². The van der Waals surface area contributed by atoms with E-state index in [1.54, 1.807) is 14.2 Å². The normalized spacial score (nSPS) is 16.0. The lowest BCUT2D eigenvalue weighted by Crippen LogP contribution is -2.45. The predicted molar refractivity (Wildman–Crippen MR) is 78.5 cm³/mol. The van der Waals surface area contributed by atoms with E-state index in [1.165, 1.54) is 18.2 Å². The summed E-state index contributed by atoms with van der Waals surface area (Å²) in [7, 11) is 4.61. The summed E-state index contributed by atoms with van der Waals surface area (Å²) in [4.78, 5) is 13.6. The molecule has 1 atom stereocenters. The van der Waals surface area contributed by atoms with Crippen molar-refractivity contribution in [3.8, 4) is 11.5 Å². The zero-order chi connectivity index (χ0) is 15.4. The Morgan fingerprint density at radius 2 is 1.86 bits per heavy atom. The fraction of sp³-hybridized carbons (Fsp3) is 0.533. The van der Waals surface area contributed by atoms with Crippen molar-refractivity contribution in [1.29, 1.82) is 0 Å². The monoisotopic (exact) mass is 294 g/mol. The minimum absolute atomic E-state index is 0.381. The molecule has 116 valence electrons. The maximum absolute atomic E-state index is 11.4. The lowest BCUT2D eigenvalue weighted by atomic mass is 9.98. The number of ether oxygens (including phenoxy) is 3. The van der Waals surface area contributed by atoms with Gasteiger partial charge in [-0.25, -0.2) is 0 Å². The van der Waals surface area contributed by atoms with Gasteiger partial charge in [0, 0.05) is 19.6 Å². The number of methoxy groups -OCH3 is 3. The summed E-state index contributed by atoms with van der Waals surface area (Å²) in [6, 6.07) is 3.40. The summed E-state index contributed by atoms with van der Waals surface area (Å²) < 4.78 is 15.3. The van der Waals surface area contributed by atoms with Gasteiger partial charge in [-0.1, -0.05) is 0 Å². The van der Waals surface area contributed by atoms with E-state index in [-0.39, 0.29) is 5.97 Å². The van der Waals surface area contributed by atoms with Crippen LogP contribution in [0.15, 0.2) is 12.1 Å². The van der Waals surface area contributed by atoms with E-state index >= 15 is 0 Å². The Balaban J connectivity index is 2.11. The van der Waals surface area contributed by atoms with E-state index in [1.807, 2.05) is 12.1 Å². The number of carbonyl (C=O) groups is 1. The second kappa shape index (κ2) is 6.78. The van der Waals surface area contributed by atoms with Gasteiger partial charge in [0.15, 0.2) is 11.5 Å². The zero-order valence-corrected chi connectivity index (χ0v) is 12.7. The van der Waals surface area contributed by atoms with Crippen LogP contribution < -0.4 is 15.2 Å². The number of benzene rings is 1. The van der Waals surface area contributed by atoms with Crippen molar-refractivity contribution in [1.82, 2.24) is 4.90 Å². The predicted octanol–water partition coefficient (Wildman–Crippen LogP) is 0.562. The standard InChI is InChI=1S/C15H22N2O4/c1-19-13-6-10-4-5-17(9-12(16)15(18)21-3)8-11(10)7-14(13)20-2/h6-7,12H,4-5,8-9,16H2,1-3H3. The third kappa shape index (κ3) is 3.46. The molecule has 0 spiro atoms. The van der Waals surface area contributed by atoms with Crippen LogP contribution in [0, 0.1) is 0 Å². The average Bonchev–Trinajstić information content (AvgIpc) is 2.52. The third-order valence-corrected chi connectivity index (χ3v) is 3.76. The molecule has 1 aliphatic heterocycles. The number of hydrogen-bond acceptors (Lipinski definition) is 6. The van der Waals surface area contributed by atoms with E-state index < -0.39 is 6.04 Å². The van der Waals surface area contributed by atoms with Gasteiger partial charge in [0.05, 0.1) is 21.3 Å². The summed E-state index contributed by atoms with van der Waals surface area (Å²) >= 11 is 0. The van der Waals surface area contributed by atoms with Crippen molar-refractivity contribution in [2.75, 3.05) is 34.4 Å². The molecule has 2 rings (SSSR count). The Morgan fingerprint density at radius 1 is 1.24 bits per heavy atom. The molecule has 0 bridgehead atoms. The van der Waals surface area contributed by atoms with Crippen LogP contribution in [0.5, 0.6) is 11.5 Å². The van der Waals surface area contributed by atoms with Crippen molar-refractivity contribution >= 4 is 5.97 Å². The van der Waals surface area contributed by atoms with Crippen LogP contribution in [0.2, 0.25) is 0 Å². The number of nitrogens with two attached hydrogens (primary N) is 1. The van der Waals surface area contributed by atoms with E-state index in [0.29, 0.717) is 6.54 Å². The first-order valence-corrected chi connectivity index (χ1v) is 6.88. The fourth-order valence-corrected chi connectivity index (χ4v) is 2.60. The highest BCUT2D eigenvalue weighted by Crippen LogP contribution is 2.33. The summed E-state index contributed by atoms with van der Waals surface area (Å²) in [5.41, 5.74) is 8.24. The largest absolute Gasteiger partial charge is 0.493 e. The molecule has 1 unspecified atom stereocenters. The van der Waals surface area contributed by atoms with Crippen molar-refractivity contribution in [2.45, 2.75) is 19.0 Å². The van der Waals surface area contributed by atoms with Gasteiger partial charge in [-0.15, -0.1) is 0 Å². The molecular weight excluding hydrogens is 272 g/mol. The molecule has 6 nitrogen and oxygen atoms in total. The van der Waals surface area contributed by atoms with Crippen LogP contribution >= 0.6 is 0 Å². The molecule has 21 heavy (non-hydrogen) atoms. The number of fused-ring (bicyclic) bond motifs is 1. The van der Waals surface area contributed by atoms with Gasteiger partial charge < -0.3 is 19.9 Å². The number of esters is 1. The minimum Gasteiger partial charge on any atom is -0.493 e. The SMILES string of the molecule is COC(=O)C(N)CN1CCc2cc(OC)c(OC)cc2C1. The summed E-state index contributed by atoms with van der Waals surface area (Å²) in [6.45, 7) is 2.08. The minimum atomic E-state index is -0.614. The second-order valence-electron chi connectivity index (χ2n) is 5.09. The average molecular weight is 294 g/mol. The van der Waals surface area contributed by atoms with Gasteiger partial charge >= 0.3 is 5.97 Å². The highest BCUT2D eigenvalue weighted by molar-refractivity contribution is 5.75. The van der Waals surface area contributed by atoms with Gasteiger partial charge in [-0.05, 0) is 29.7 Å². The van der Waals surface area contributed by atoms with Gasteiger partial charge in [0.25, 0.3) is 0 Å². The Morgan fingerprint density at radius 3 is 2.43 bits per heavy atom. The van der Waals surface area contributed by atoms with Crippen LogP contribution in [0.4, 0.5) is 0 Å². The molecule has 0 fully saturated rings. The number of carbonyl (C=O) groups excluding carboxylic acids is 1. The molecule has 1 aliphatic rings. The van der Waals surface area contributed by atoms with Crippen molar-refractivity contribution in [2.24, 2.45) is 5.73 Å². The summed E-state index contributed by atoms with van der Waals surface area (Å²) in [5, 5.41) is 0. The highest BCUT2D eigenvalue weighted by atomic mass is 16.5. The van der Waals surface area contributed by atoms with Crippen molar-refractivity contribution in [3.05, 3.63) is 23.3 Å². The summed E-state index contributed by atoms with van der Waals surface area (Å²) in [5.74, 6) is 1.08. The number of rotatable bonds is 5. The first-order chi connectivity index (χ1) is 10.1. The lowest BCUT2D eigenvalue weighted by molar-refractivity contribution is -0.142. The van der Waals surface area contributed by atoms with Crippen LogP contribution in [0.3, 0.4) is 0 Å². The Bertz CT molecular complexity index is 519. The molecule has 0 saturated carbocycles. The first kappa shape index (κ1) is 15.6. The Labute approximate surface area is 124 Å². The molecule has 2 N–H and O–H groups in total. The van der Waals surface area contributed by atoms with E-state index in [9.17, 15) is 4.79 Å². The Hall–Kier alpha value is -1.79. The van der Waals surface area contributed by atoms with Crippen LogP contribution in [0.25, 0.3) is 0 Å². The molecule has 1 aromatic carbocycles. The fourth-order valence-electron chi connectivity index (χ4n) is 2.60. The zero-order valence-electron chi connectivity index (χ0n) is 12.7. The van der Waals surface area contributed by atoms with E-state index in [0.717, 1.165) is 31.0 Å². The van der Waals surface area contributed by atoms with Gasteiger partial charge in [0.1, 0.15) is 6.04 Å². The van der Waals surface area contributed by atoms with Crippen LogP contribution in [-0.4, -0.2) is 51.3 Å². The van der Waals surface area contributed by atoms with E-state index in [2.05, 4.69) is 9.64 Å². The molecule has 1 heterocycles. The third-order valence-electron chi connectivity index (χ3n) is 3.76. The molecular formula is C15H22N2O4. The molecule has 0 saturated heterocycles. The van der Waals surface area contributed by atoms with Crippen LogP contribution in [0.1, 0.15) is 11.1 Å². The van der Waals surface area contributed by atoms with Crippen molar-refractivity contribution in [3.63, 3.8) is 0 Å². The second-order valence-corrected chi connectivity index (χ2v) is 5.09. The Kier molecular flexibility index (Phi) is 5.03. The summed E-state index contributed by atoms with van der Waals surface area (Å²) in [6.07, 6.45) is 0.892. The maximum atomic E-state index is 11.4. The molecule has 6 heteroatoms. The first-order valence-electron chi connectivity index (χ1n) is 6.88. The smallest absolute Gasteiger partial charge is 0.323 e. The topological polar surface area (TPSA) is 74.0 Å². The lowest BCUT2D eigenvalue weighted by Gasteiger charge is -2.30. The van der Waals surface area contributed by atoms with E-state index in [4.69, 9.17) is 15.2 Å². The highest BCUT2D eigenvalue weighted by Gasteiger charge is 2.23. The number of nitrogens with zero attached hydrogens (tertiary/aromatic N) is 1.